The van der Waals surface area contributed by atoms with E-state index in [1.165, 1.54) is 77.0 Å². The van der Waals surface area contributed by atoms with Gasteiger partial charge in [-0.05, 0) is 44.1 Å². The van der Waals surface area contributed by atoms with Crippen molar-refractivity contribution in [2.24, 2.45) is 23.7 Å². The van der Waals surface area contributed by atoms with Crippen LogP contribution >= 0.6 is 0 Å². The third kappa shape index (κ3) is 22.2. The molecular formula is C57H98O14. The van der Waals surface area contributed by atoms with Crippen LogP contribution in [0.25, 0.3) is 0 Å². The molecule has 1 aromatic carbocycles. The highest BCUT2D eigenvalue weighted by Crippen LogP contribution is 2.32. The molecule has 0 aromatic heterocycles. The first-order valence-corrected chi connectivity index (χ1v) is 28.2. The van der Waals surface area contributed by atoms with Crippen LogP contribution in [0.2, 0.25) is 0 Å². The summed E-state index contributed by atoms with van der Waals surface area (Å²) in [6, 6.07) is 9.35. The summed E-state index contributed by atoms with van der Waals surface area (Å²) in [5, 5.41) is 56.4. The Morgan fingerprint density at radius 1 is 0.479 bits per heavy atom. The van der Waals surface area contributed by atoms with Crippen LogP contribution in [0.5, 0.6) is 0 Å². The number of aliphatic hydroxyl groups excluding tert-OH is 5. The lowest BCUT2D eigenvalue weighted by molar-refractivity contribution is -0.324. The highest BCUT2D eigenvalue weighted by Gasteiger charge is 2.49. The third-order valence-electron chi connectivity index (χ3n) is 14.9. The van der Waals surface area contributed by atoms with Gasteiger partial charge in [-0.1, -0.05) is 199 Å². The number of esters is 2. The second-order valence-corrected chi connectivity index (χ2v) is 22.0. The van der Waals surface area contributed by atoms with E-state index in [0.29, 0.717) is 25.7 Å². The van der Waals surface area contributed by atoms with Crippen molar-refractivity contribution in [1.82, 2.24) is 0 Å². The third-order valence-corrected chi connectivity index (χ3v) is 14.9. The summed E-state index contributed by atoms with van der Waals surface area (Å²) in [7, 11) is 0. The molecule has 3 saturated heterocycles. The molecule has 4 rings (SSSR count). The Balaban J connectivity index is 1.46. The zero-order valence-corrected chi connectivity index (χ0v) is 44.6. The van der Waals surface area contributed by atoms with E-state index >= 15 is 0 Å². The standard InChI is InChI=1S/C57H98O14/c1-39(2)30-24-19-15-11-7-9-13-17-21-28-34-44-42(6)55(64)67-38-47-53(65-36-43-32-26-23-27-33-43)50(60)52(62)57(71-47)69-45(35-29-22-18-14-10-8-12-16-20-25-31-40(3)4)41(5)54(63)66-37-46-48(58)49(59)51(61)56(68-44)70-46/h23,26-27,32-33,39-42,44-53,56-62H,7-22,24-25,28-31,34-38H2,1-6H3/t41-,42-,44-,45-,46+,47+,48+,49-,50+,51+,52+,53+,56+,57+/m0/s1. The Hall–Kier alpha value is -2.24. The zero-order valence-electron chi connectivity index (χ0n) is 44.6. The molecule has 71 heavy (non-hydrogen) atoms. The molecule has 3 heterocycles. The number of aliphatic hydroxyl groups is 5. The number of cyclic esters (lactones) is 2. The molecule has 14 nitrogen and oxygen atoms in total. The highest BCUT2D eigenvalue weighted by molar-refractivity contribution is 5.73. The summed E-state index contributed by atoms with van der Waals surface area (Å²) >= 11 is 0. The fraction of sp³-hybridized carbons (Fsp3) is 0.860. The first-order valence-electron chi connectivity index (χ1n) is 28.2. The van der Waals surface area contributed by atoms with Gasteiger partial charge in [0.15, 0.2) is 12.6 Å². The summed E-state index contributed by atoms with van der Waals surface area (Å²) in [6.07, 6.45) is 9.62. The van der Waals surface area contributed by atoms with Crippen LogP contribution in [0.15, 0.2) is 30.3 Å². The summed E-state index contributed by atoms with van der Waals surface area (Å²) in [5.41, 5.74) is 0.822. The van der Waals surface area contributed by atoms with Gasteiger partial charge in [0.25, 0.3) is 0 Å². The van der Waals surface area contributed by atoms with Gasteiger partial charge >= 0.3 is 11.9 Å². The van der Waals surface area contributed by atoms with Gasteiger partial charge in [0.05, 0.1) is 30.7 Å². The quantitative estimate of drug-likeness (QED) is 0.0375. The van der Waals surface area contributed by atoms with Gasteiger partial charge in [0.2, 0.25) is 0 Å². The lowest BCUT2D eigenvalue weighted by Crippen LogP contribution is -2.61. The van der Waals surface area contributed by atoms with Crippen LogP contribution in [-0.4, -0.2) is 124 Å². The van der Waals surface area contributed by atoms with Crippen molar-refractivity contribution in [3.05, 3.63) is 35.9 Å². The fourth-order valence-electron chi connectivity index (χ4n) is 10.0. The Morgan fingerprint density at radius 2 is 0.859 bits per heavy atom. The minimum atomic E-state index is -1.69. The lowest BCUT2D eigenvalue weighted by atomic mass is 9.95. The normalized spacial score (nSPS) is 31.3. The molecule has 0 radical (unpaired) electrons. The molecular weight excluding hydrogens is 909 g/mol. The van der Waals surface area contributed by atoms with E-state index in [1.54, 1.807) is 13.8 Å². The van der Waals surface area contributed by atoms with Gasteiger partial charge in [0.1, 0.15) is 62.0 Å². The summed E-state index contributed by atoms with van der Waals surface area (Å²) in [5.74, 6) is -1.62. The zero-order chi connectivity index (χ0) is 51.5. The van der Waals surface area contributed by atoms with Gasteiger partial charge in [-0.3, -0.25) is 9.59 Å². The largest absolute Gasteiger partial charge is 0.463 e. The van der Waals surface area contributed by atoms with Crippen molar-refractivity contribution in [2.75, 3.05) is 13.2 Å². The first-order chi connectivity index (χ1) is 34.2. The van der Waals surface area contributed by atoms with Crippen molar-refractivity contribution < 1.29 is 68.3 Å². The number of unbranched alkanes of at least 4 members (excludes halogenated alkanes) is 18. The minimum Gasteiger partial charge on any atom is -0.463 e. The van der Waals surface area contributed by atoms with Gasteiger partial charge in [-0.2, -0.15) is 0 Å². The monoisotopic (exact) mass is 1010 g/mol. The van der Waals surface area contributed by atoms with Crippen LogP contribution in [0.1, 0.15) is 201 Å². The van der Waals surface area contributed by atoms with E-state index in [-0.39, 0.29) is 13.2 Å². The predicted molar refractivity (Wildman–Crippen MR) is 273 cm³/mol. The van der Waals surface area contributed by atoms with Crippen molar-refractivity contribution in [2.45, 2.75) is 276 Å². The Kier molecular flexibility index (Phi) is 29.7. The summed E-state index contributed by atoms with van der Waals surface area (Å²) in [4.78, 5) is 27.9. The van der Waals surface area contributed by atoms with Gasteiger partial charge in [0, 0.05) is 0 Å². The van der Waals surface area contributed by atoms with E-state index in [0.717, 1.165) is 68.8 Å². The van der Waals surface area contributed by atoms with Gasteiger partial charge < -0.3 is 58.7 Å². The minimum absolute atomic E-state index is 0.0778. The molecule has 0 saturated carbocycles. The molecule has 3 aliphatic heterocycles. The van der Waals surface area contributed by atoms with E-state index < -0.39 is 104 Å². The summed E-state index contributed by atoms with van der Waals surface area (Å²) < 4.78 is 43.1. The van der Waals surface area contributed by atoms with E-state index in [9.17, 15) is 35.1 Å². The number of carbonyl (C=O) groups excluding carboxylic acids is 2. The molecule has 3 aliphatic rings. The Morgan fingerprint density at radius 3 is 1.30 bits per heavy atom. The van der Waals surface area contributed by atoms with Crippen LogP contribution in [-0.2, 0) is 49.4 Å². The SMILES string of the molecule is CC(C)CCCCCCCCCCCC[C@@H]1O[C@@H]2O[C@H](COC(=O)[C@@H](C)[C@H](CCCCCCCCCCCCC(C)C)O[C@@H]3O[C@H](COC(=O)[C@H]1C)[C@@H](OCc1ccccc1)[C@H](O)[C@H]3O)[C@@H](O)[C@H](O)[C@H]2O. The molecule has 0 unspecified atom stereocenters. The van der Waals surface area contributed by atoms with Crippen LogP contribution < -0.4 is 0 Å². The smallest absolute Gasteiger partial charge is 0.311 e. The Bertz CT molecular complexity index is 1550. The molecule has 1 aromatic rings. The van der Waals surface area contributed by atoms with Crippen LogP contribution in [0, 0.1) is 23.7 Å². The van der Waals surface area contributed by atoms with Crippen molar-refractivity contribution in [1.29, 1.82) is 0 Å². The van der Waals surface area contributed by atoms with Crippen molar-refractivity contribution >= 4 is 11.9 Å². The lowest BCUT2D eigenvalue weighted by Gasteiger charge is -2.44. The second-order valence-electron chi connectivity index (χ2n) is 22.0. The molecule has 0 spiro atoms. The second kappa shape index (κ2) is 34.4. The van der Waals surface area contributed by atoms with Crippen LogP contribution in [0.3, 0.4) is 0 Å². The molecule has 14 heteroatoms. The maximum atomic E-state index is 14.1. The average molecular weight is 1010 g/mol. The number of ether oxygens (including phenoxy) is 7. The number of hydrogen-bond donors (Lipinski definition) is 5. The van der Waals surface area contributed by atoms with Gasteiger partial charge in [-0.15, -0.1) is 0 Å². The van der Waals surface area contributed by atoms with Crippen molar-refractivity contribution in [3.63, 3.8) is 0 Å². The highest BCUT2D eigenvalue weighted by atomic mass is 16.7. The topological polar surface area (TPSA) is 200 Å². The molecule has 0 amide bonds. The van der Waals surface area contributed by atoms with E-state index in [4.69, 9.17) is 33.2 Å². The molecule has 14 atom stereocenters. The molecule has 3 fully saturated rings. The maximum absolute atomic E-state index is 14.1. The maximum Gasteiger partial charge on any atom is 0.311 e. The first kappa shape index (κ1) is 61.3. The predicted octanol–water partition coefficient (Wildman–Crippen LogP) is 9.64. The molecule has 0 aliphatic carbocycles. The molecule has 5 N–H and O–H groups in total. The van der Waals surface area contributed by atoms with Crippen molar-refractivity contribution in [3.8, 4) is 0 Å². The number of rotatable bonds is 29. The number of carbonyl (C=O) groups is 2. The summed E-state index contributed by atoms with van der Waals surface area (Å²) in [6.45, 7) is 11.6. The molecule has 4 bridgehead atoms. The molecule has 410 valence electrons. The average Bonchev–Trinajstić information content (AvgIpc) is 3.35. The number of benzene rings is 1. The van der Waals surface area contributed by atoms with Crippen LogP contribution in [0.4, 0.5) is 0 Å². The van der Waals surface area contributed by atoms with E-state index in [1.807, 2.05) is 30.3 Å². The number of fused-ring (bicyclic) bond motifs is 4. The number of hydrogen-bond acceptors (Lipinski definition) is 14. The fourth-order valence-corrected chi connectivity index (χ4v) is 10.0. The Labute approximate surface area is 427 Å². The van der Waals surface area contributed by atoms with E-state index in [2.05, 4.69) is 27.7 Å². The van der Waals surface area contributed by atoms with Gasteiger partial charge in [-0.25, -0.2) is 0 Å².